The minimum absolute atomic E-state index is 0.128. The molecule has 3 heterocycles. The van der Waals surface area contributed by atoms with Gasteiger partial charge in [-0.15, -0.1) is 0 Å². The van der Waals surface area contributed by atoms with Crippen molar-refractivity contribution >= 4 is 29.0 Å². The third-order valence-electron chi connectivity index (χ3n) is 8.07. The molecule has 0 spiro atoms. The number of carbonyl (C=O) groups is 1. The molecule has 4 aromatic rings. The fraction of sp³-hybridized carbons (Fsp3) is 0.265. The molecule has 41 heavy (non-hydrogen) atoms. The van der Waals surface area contributed by atoms with Crippen LogP contribution in [-0.2, 0) is 13.0 Å². The zero-order valence-electron chi connectivity index (χ0n) is 23.9. The highest BCUT2D eigenvalue weighted by atomic mass is 16.1. The van der Waals surface area contributed by atoms with E-state index in [1.165, 1.54) is 11.1 Å². The van der Waals surface area contributed by atoms with E-state index in [-0.39, 0.29) is 5.91 Å². The van der Waals surface area contributed by atoms with Gasteiger partial charge in [0.25, 0.3) is 5.91 Å². The molecule has 0 bridgehead atoms. The Bertz CT molecular complexity index is 1610. The molecule has 0 atom stereocenters. The minimum atomic E-state index is -0.128. The minimum Gasteiger partial charge on any atom is -0.355 e. The summed E-state index contributed by atoms with van der Waals surface area (Å²) in [6, 6.07) is 18.0. The van der Waals surface area contributed by atoms with Crippen molar-refractivity contribution in [2.45, 2.75) is 26.8 Å². The number of piperazine rings is 1. The molecular formula is C34H36N6O. The van der Waals surface area contributed by atoms with E-state index in [0.717, 1.165) is 84.3 Å². The van der Waals surface area contributed by atoms with Crippen molar-refractivity contribution in [1.82, 2.24) is 19.8 Å². The van der Waals surface area contributed by atoms with Gasteiger partial charge < -0.3 is 15.5 Å². The van der Waals surface area contributed by atoms with Crippen LogP contribution in [-0.4, -0.2) is 58.9 Å². The van der Waals surface area contributed by atoms with Gasteiger partial charge in [0.15, 0.2) is 0 Å². The number of hydrogen-bond acceptors (Lipinski definition) is 6. The molecule has 1 aliphatic heterocycles. The van der Waals surface area contributed by atoms with E-state index < -0.39 is 0 Å². The first kappa shape index (κ1) is 26.9. The van der Waals surface area contributed by atoms with Crippen LogP contribution in [0.1, 0.15) is 38.3 Å². The normalized spacial score (nSPS) is 15.1. The molecule has 7 nitrogen and oxygen atoms in total. The van der Waals surface area contributed by atoms with Crippen molar-refractivity contribution in [3.05, 3.63) is 107 Å². The Balaban J connectivity index is 1.19. The van der Waals surface area contributed by atoms with E-state index in [1.54, 1.807) is 12.4 Å². The summed E-state index contributed by atoms with van der Waals surface area (Å²) in [7, 11) is 2.18. The quantitative estimate of drug-likeness (QED) is 0.294. The van der Waals surface area contributed by atoms with Gasteiger partial charge in [-0.25, -0.2) is 0 Å². The molecule has 0 unspecified atom stereocenters. The number of nitrogens with zero attached hydrogens (tertiary/aromatic N) is 4. The van der Waals surface area contributed by atoms with Crippen molar-refractivity contribution in [2.24, 2.45) is 0 Å². The summed E-state index contributed by atoms with van der Waals surface area (Å²) in [5.74, 6) is -0.128. The maximum Gasteiger partial charge on any atom is 0.255 e. The lowest BCUT2D eigenvalue weighted by Crippen LogP contribution is -2.43. The van der Waals surface area contributed by atoms with Crippen molar-refractivity contribution in [1.29, 1.82) is 0 Å². The van der Waals surface area contributed by atoms with E-state index in [0.29, 0.717) is 5.56 Å². The van der Waals surface area contributed by atoms with Gasteiger partial charge in [-0.3, -0.25) is 19.7 Å². The predicted molar refractivity (Wildman–Crippen MR) is 167 cm³/mol. The number of amides is 1. The predicted octanol–water partition coefficient (Wildman–Crippen LogP) is 6.07. The molecule has 1 fully saturated rings. The molecule has 0 radical (unpaired) electrons. The lowest BCUT2D eigenvalue weighted by molar-refractivity contribution is 0.102. The van der Waals surface area contributed by atoms with Gasteiger partial charge in [0.2, 0.25) is 0 Å². The summed E-state index contributed by atoms with van der Waals surface area (Å²) in [4.78, 5) is 27.2. The number of anilines is 3. The molecule has 2 N–H and O–H groups in total. The number of likely N-dealkylation sites (N-methyl/N-ethyl adjacent to an activating group) is 1. The number of allylic oxidation sites excluding steroid dienone is 1. The fourth-order valence-corrected chi connectivity index (χ4v) is 5.46. The van der Waals surface area contributed by atoms with Crippen LogP contribution in [0.2, 0.25) is 0 Å². The van der Waals surface area contributed by atoms with Crippen LogP contribution in [0.5, 0.6) is 0 Å². The summed E-state index contributed by atoms with van der Waals surface area (Å²) in [5, 5.41) is 6.71. The van der Waals surface area contributed by atoms with Gasteiger partial charge in [-0.05, 0) is 80.1 Å². The van der Waals surface area contributed by atoms with Gasteiger partial charge in [-0.1, -0.05) is 24.3 Å². The molecule has 6 rings (SSSR count). The van der Waals surface area contributed by atoms with E-state index in [1.807, 2.05) is 43.3 Å². The average Bonchev–Trinajstić information content (AvgIpc) is 3.46. The molecule has 1 aliphatic carbocycles. The molecule has 1 amide bonds. The largest absolute Gasteiger partial charge is 0.355 e. The topological polar surface area (TPSA) is 73.4 Å². The molecule has 2 aromatic heterocycles. The van der Waals surface area contributed by atoms with Crippen molar-refractivity contribution in [3.63, 3.8) is 0 Å². The Kier molecular flexibility index (Phi) is 7.63. The molecule has 0 saturated carbocycles. The second-order valence-electron chi connectivity index (χ2n) is 11.1. The highest BCUT2D eigenvalue weighted by Crippen LogP contribution is 2.33. The van der Waals surface area contributed by atoms with Crippen LogP contribution >= 0.6 is 0 Å². The number of pyridine rings is 2. The third kappa shape index (κ3) is 6.06. The van der Waals surface area contributed by atoms with E-state index in [9.17, 15) is 4.79 Å². The molecule has 1 saturated heterocycles. The number of aryl methyl sites for hydroxylation is 2. The van der Waals surface area contributed by atoms with E-state index in [4.69, 9.17) is 4.98 Å². The van der Waals surface area contributed by atoms with Crippen LogP contribution in [0.3, 0.4) is 0 Å². The molecular weight excluding hydrogens is 508 g/mol. The fourth-order valence-electron chi connectivity index (χ4n) is 5.46. The first-order chi connectivity index (χ1) is 19.9. The summed E-state index contributed by atoms with van der Waals surface area (Å²) >= 11 is 0. The summed E-state index contributed by atoms with van der Waals surface area (Å²) in [5.41, 5.74) is 10.9. The summed E-state index contributed by atoms with van der Waals surface area (Å²) < 4.78 is 0. The van der Waals surface area contributed by atoms with E-state index in [2.05, 4.69) is 69.7 Å². The zero-order chi connectivity index (χ0) is 28.3. The number of rotatable bonds is 7. The number of fused-ring (bicyclic) bond motifs is 1. The highest BCUT2D eigenvalue weighted by molar-refractivity contribution is 6.05. The van der Waals surface area contributed by atoms with Crippen molar-refractivity contribution < 1.29 is 4.79 Å². The average molecular weight is 545 g/mol. The van der Waals surface area contributed by atoms with Crippen LogP contribution in [0, 0.1) is 13.8 Å². The number of benzene rings is 2. The molecule has 2 aromatic carbocycles. The summed E-state index contributed by atoms with van der Waals surface area (Å²) in [6.45, 7) is 9.49. The maximum absolute atomic E-state index is 13.3. The molecule has 208 valence electrons. The summed E-state index contributed by atoms with van der Waals surface area (Å²) in [6.07, 6.45) is 8.61. The number of carbonyl (C=O) groups excluding carboxylic acids is 1. The Morgan fingerprint density at radius 3 is 2.49 bits per heavy atom. The number of nitrogens with one attached hydrogen (secondary N) is 2. The van der Waals surface area contributed by atoms with Crippen LogP contribution < -0.4 is 10.6 Å². The van der Waals surface area contributed by atoms with Crippen LogP contribution in [0.15, 0.2) is 73.1 Å². The SMILES string of the molecule is Cc1cc(NC(=O)c2ccc(C)c(Nc3cc(-c4ccncc4)nc4c3C=CC4)c2)ccc1CN1CCN(C)CC1. The first-order valence-electron chi connectivity index (χ1n) is 14.2. The first-order valence-corrected chi connectivity index (χ1v) is 14.2. The smallest absolute Gasteiger partial charge is 0.255 e. The third-order valence-corrected chi connectivity index (χ3v) is 8.07. The monoisotopic (exact) mass is 544 g/mol. The second-order valence-corrected chi connectivity index (χ2v) is 11.1. The number of aromatic nitrogens is 2. The van der Waals surface area contributed by atoms with Gasteiger partial charge in [0, 0.05) is 85.3 Å². The van der Waals surface area contributed by atoms with E-state index >= 15 is 0 Å². The van der Waals surface area contributed by atoms with Gasteiger partial charge >= 0.3 is 0 Å². The molecule has 7 heteroatoms. The number of hydrogen-bond donors (Lipinski definition) is 2. The lowest BCUT2D eigenvalue weighted by atomic mass is 10.1. The van der Waals surface area contributed by atoms with Crippen molar-refractivity contribution in [3.8, 4) is 11.3 Å². The zero-order valence-corrected chi connectivity index (χ0v) is 23.9. The standard InChI is InChI=1S/C34H36N6O/c1-23-7-8-26(34(41)36-28-10-9-27(24(2)19-28)22-40-17-15-39(3)16-18-40)20-31(23)38-33-21-32(25-11-13-35-14-12-25)37-30-6-4-5-29(30)33/h4-5,7-14,19-21H,6,15-18,22H2,1-3H3,(H,36,41)(H,37,38). The Hall–Kier alpha value is -4.33. The second kappa shape index (κ2) is 11.6. The Morgan fingerprint density at radius 2 is 1.71 bits per heavy atom. The Labute approximate surface area is 242 Å². The van der Waals surface area contributed by atoms with Crippen molar-refractivity contribution in [2.75, 3.05) is 43.9 Å². The van der Waals surface area contributed by atoms with Gasteiger partial charge in [-0.2, -0.15) is 0 Å². The highest BCUT2D eigenvalue weighted by Gasteiger charge is 2.18. The van der Waals surface area contributed by atoms with Gasteiger partial charge in [0.1, 0.15) is 0 Å². The lowest BCUT2D eigenvalue weighted by Gasteiger charge is -2.32. The van der Waals surface area contributed by atoms with Gasteiger partial charge in [0.05, 0.1) is 11.4 Å². The Morgan fingerprint density at radius 1 is 0.902 bits per heavy atom. The van der Waals surface area contributed by atoms with Crippen LogP contribution in [0.4, 0.5) is 17.1 Å². The van der Waals surface area contributed by atoms with Crippen LogP contribution in [0.25, 0.3) is 17.3 Å². The maximum atomic E-state index is 13.3. The molecule has 2 aliphatic rings.